The van der Waals surface area contributed by atoms with Crippen LogP contribution >= 0.6 is 11.3 Å². The molecule has 4 rings (SSSR count). The van der Waals surface area contributed by atoms with Gasteiger partial charge in [0.15, 0.2) is 6.61 Å². The van der Waals surface area contributed by atoms with Crippen molar-refractivity contribution in [1.29, 1.82) is 0 Å². The minimum atomic E-state index is -0.534. The van der Waals surface area contributed by atoms with Gasteiger partial charge in [-0.3, -0.25) is 4.79 Å². The first-order valence-electron chi connectivity index (χ1n) is 10.8. The second kappa shape index (κ2) is 9.55. The van der Waals surface area contributed by atoms with Crippen LogP contribution in [0.1, 0.15) is 36.7 Å². The summed E-state index contributed by atoms with van der Waals surface area (Å²) in [6, 6.07) is 22.9. The standard InChI is InChI=1S/C27H26N2O3S/c1-27(2,3)29(17-19-10-5-4-6-11-19)25(30)18-32-26(31)21-16-23(24-14-9-15-33-24)28-22-13-8-7-12-20(21)22/h4-16H,17-18H2,1-3H3. The number of ether oxygens (including phenoxy) is 1. The molecule has 0 saturated heterocycles. The zero-order valence-electron chi connectivity index (χ0n) is 18.9. The van der Waals surface area contributed by atoms with Gasteiger partial charge in [-0.2, -0.15) is 0 Å². The molecule has 4 aromatic rings. The molecule has 168 valence electrons. The van der Waals surface area contributed by atoms with E-state index in [1.807, 2.05) is 92.9 Å². The van der Waals surface area contributed by atoms with Crippen LogP contribution in [-0.4, -0.2) is 33.9 Å². The van der Waals surface area contributed by atoms with E-state index in [1.165, 1.54) is 0 Å². The topological polar surface area (TPSA) is 59.5 Å². The Balaban J connectivity index is 1.56. The first-order chi connectivity index (χ1) is 15.8. The maximum Gasteiger partial charge on any atom is 0.339 e. The molecule has 0 aliphatic carbocycles. The smallest absolute Gasteiger partial charge is 0.339 e. The Morgan fingerprint density at radius 3 is 2.39 bits per heavy atom. The molecule has 0 atom stereocenters. The number of hydrogen-bond donors (Lipinski definition) is 0. The molecule has 0 unspecified atom stereocenters. The van der Waals surface area contributed by atoms with Crippen molar-refractivity contribution in [3.05, 3.63) is 89.3 Å². The van der Waals surface area contributed by atoms with Gasteiger partial charge in [-0.1, -0.05) is 54.6 Å². The Morgan fingerprint density at radius 2 is 1.70 bits per heavy atom. The van der Waals surface area contributed by atoms with Gasteiger partial charge < -0.3 is 9.64 Å². The number of amides is 1. The molecule has 0 bridgehead atoms. The van der Waals surface area contributed by atoms with Crippen molar-refractivity contribution < 1.29 is 14.3 Å². The highest BCUT2D eigenvalue weighted by Gasteiger charge is 2.28. The molecule has 0 radical (unpaired) electrons. The highest BCUT2D eigenvalue weighted by atomic mass is 32.1. The zero-order chi connectivity index (χ0) is 23.4. The molecule has 0 saturated carbocycles. The van der Waals surface area contributed by atoms with Crippen LogP contribution in [0.3, 0.4) is 0 Å². The molecule has 6 heteroatoms. The van der Waals surface area contributed by atoms with E-state index in [9.17, 15) is 9.59 Å². The average Bonchev–Trinajstić information content (AvgIpc) is 3.35. The summed E-state index contributed by atoms with van der Waals surface area (Å²) in [5.41, 5.74) is 2.43. The summed E-state index contributed by atoms with van der Waals surface area (Å²) in [6.07, 6.45) is 0. The van der Waals surface area contributed by atoms with E-state index >= 15 is 0 Å². The van der Waals surface area contributed by atoms with Gasteiger partial charge >= 0.3 is 5.97 Å². The second-order valence-corrected chi connectivity index (χ2v) is 9.71. The van der Waals surface area contributed by atoms with Gasteiger partial charge in [-0.15, -0.1) is 11.3 Å². The molecule has 2 heterocycles. The van der Waals surface area contributed by atoms with Gasteiger partial charge in [0.1, 0.15) is 0 Å². The van der Waals surface area contributed by atoms with Crippen LogP contribution in [0.15, 0.2) is 78.2 Å². The van der Waals surface area contributed by atoms with E-state index in [2.05, 4.69) is 0 Å². The lowest BCUT2D eigenvalue weighted by molar-refractivity contribution is -0.140. The Bertz CT molecular complexity index is 1260. The molecule has 33 heavy (non-hydrogen) atoms. The monoisotopic (exact) mass is 458 g/mol. The van der Waals surface area contributed by atoms with Crippen LogP contribution in [0.4, 0.5) is 0 Å². The molecule has 0 fully saturated rings. The van der Waals surface area contributed by atoms with E-state index in [0.717, 1.165) is 10.4 Å². The minimum absolute atomic E-state index is 0.239. The van der Waals surface area contributed by atoms with Crippen molar-refractivity contribution in [2.24, 2.45) is 0 Å². The predicted molar refractivity (Wildman–Crippen MR) is 132 cm³/mol. The fraction of sp³-hybridized carbons (Fsp3) is 0.222. The van der Waals surface area contributed by atoms with E-state index in [-0.39, 0.29) is 12.5 Å². The fourth-order valence-electron chi connectivity index (χ4n) is 3.64. The number of aromatic nitrogens is 1. The molecular formula is C27H26N2O3S. The Kier molecular flexibility index (Phi) is 6.56. The molecule has 0 aliphatic rings. The van der Waals surface area contributed by atoms with Crippen molar-refractivity contribution >= 4 is 34.1 Å². The van der Waals surface area contributed by atoms with Gasteiger partial charge in [0.05, 0.1) is 21.7 Å². The molecule has 5 nitrogen and oxygen atoms in total. The van der Waals surface area contributed by atoms with Crippen molar-refractivity contribution in [1.82, 2.24) is 9.88 Å². The number of thiophene rings is 1. The molecule has 0 aliphatic heterocycles. The van der Waals surface area contributed by atoms with Crippen molar-refractivity contribution in [3.63, 3.8) is 0 Å². The number of fused-ring (bicyclic) bond motifs is 1. The number of hydrogen-bond acceptors (Lipinski definition) is 5. The molecule has 2 aromatic carbocycles. The third-order valence-corrected chi connectivity index (χ3v) is 6.22. The zero-order valence-corrected chi connectivity index (χ0v) is 19.8. The van der Waals surface area contributed by atoms with E-state index in [4.69, 9.17) is 9.72 Å². The molecule has 0 spiro atoms. The molecule has 0 N–H and O–H groups in total. The minimum Gasteiger partial charge on any atom is -0.452 e. The Hall–Kier alpha value is -3.51. The van der Waals surface area contributed by atoms with E-state index in [0.29, 0.717) is 28.7 Å². The van der Waals surface area contributed by atoms with Gasteiger partial charge in [0.2, 0.25) is 0 Å². The molecular weight excluding hydrogens is 432 g/mol. The summed E-state index contributed by atoms with van der Waals surface area (Å²) >= 11 is 1.56. The number of carbonyl (C=O) groups excluding carboxylic acids is 2. The quantitative estimate of drug-likeness (QED) is 0.335. The van der Waals surface area contributed by atoms with Gasteiger partial charge in [-0.05, 0) is 49.9 Å². The average molecular weight is 459 g/mol. The summed E-state index contributed by atoms with van der Waals surface area (Å²) in [5, 5.41) is 2.67. The molecule has 1 amide bonds. The third kappa shape index (κ3) is 5.29. The second-order valence-electron chi connectivity index (χ2n) is 8.76. The highest BCUT2D eigenvalue weighted by molar-refractivity contribution is 7.13. The number of pyridine rings is 1. The number of carbonyl (C=O) groups is 2. The van der Waals surface area contributed by atoms with E-state index in [1.54, 1.807) is 22.3 Å². The SMILES string of the molecule is CC(C)(C)N(Cc1ccccc1)C(=O)COC(=O)c1cc(-c2cccs2)nc2ccccc12. The Morgan fingerprint density at radius 1 is 0.970 bits per heavy atom. The predicted octanol–water partition coefficient (Wildman–Crippen LogP) is 5.95. The molecule has 2 aromatic heterocycles. The van der Waals surface area contributed by atoms with Crippen LogP contribution in [-0.2, 0) is 16.1 Å². The summed E-state index contributed by atoms with van der Waals surface area (Å²) in [5.74, 6) is -0.773. The first kappa shape index (κ1) is 22.7. The first-order valence-corrected chi connectivity index (χ1v) is 11.7. The highest BCUT2D eigenvalue weighted by Crippen LogP contribution is 2.28. The van der Waals surface area contributed by atoms with Gasteiger partial charge in [0, 0.05) is 17.5 Å². The number of para-hydroxylation sites is 1. The lowest BCUT2D eigenvalue weighted by atomic mass is 10.0. The van der Waals surface area contributed by atoms with Crippen LogP contribution in [0.2, 0.25) is 0 Å². The lowest BCUT2D eigenvalue weighted by Crippen LogP contribution is -2.46. The summed E-state index contributed by atoms with van der Waals surface area (Å²) in [6.45, 7) is 6.04. The summed E-state index contributed by atoms with van der Waals surface area (Å²) in [7, 11) is 0. The number of nitrogens with zero attached hydrogens (tertiary/aromatic N) is 2. The number of rotatable bonds is 6. The number of benzene rings is 2. The van der Waals surface area contributed by atoms with Crippen LogP contribution in [0, 0.1) is 0 Å². The van der Waals surface area contributed by atoms with Gasteiger partial charge in [-0.25, -0.2) is 9.78 Å². The normalized spacial score (nSPS) is 11.4. The van der Waals surface area contributed by atoms with Crippen LogP contribution in [0.25, 0.3) is 21.5 Å². The third-order valence-electron chi connectivity index (χ3n) is 5.33. The largest absolute Gasteiger partial charge is 0.452 e. The van der Waals surface area contributed by atoms with Crippen molar-refractivity contribution in [2.75, 3.05) is 6.61 Å². The van der Waals surface area contributed by atoms with Crippen LogP contribution in [0.5, 0.6) is 0 Å². The summed E-state index contributed by atoms with van der Waals surface area (Å²) < 4.78 is 5.53. The Labute approximate surface area is 197 Å². The van der Waals surface area contributed by atoms with Crippen molar-refractivity contribution in [3.8, 4) is 10.6 Å². The number of esters is 1. The maximum absolute atomic E-state index is 13.1. The van der Waals surface area contributed by atoms with Crippen LogP contribution < -0.4 is 0 Å². The van der Waals surface area contributed by atoms with Crippen molar-refractivity contribution in [2.45, 2.75) is 32.9 Å². The fourth-order valence-corrected chi connectivity index (χ4v) is 4.33. The maximum atomic E-state index is 13.1. The summed E-state index contributed by atoms with van der Waals surface area (Å²) in [4.78, 5) is 33.6. The lowest BCUT2D eigenvalue weighted by Gasteiger charge is -2.35. The van der Waals surface area contributed by atoms with E-state index < -0.39 is 11.5 Å². The van der Waals surface area contributed by atoms with Gasteiger partial charge in [0.25, 0.3) is 5.91 Å².